The summed E-state index contributed by atoms with van der Waals surface area (Å²) < 4.78 is 5.58. The summed E-state index contributed by atoms with van der Waals surface area (Å²) in [6.07, 6.45) is 1.81. The predicted octanol–water partition coefficient (Wildman–Crippen LogP) is 2.68. The van der Waals surface area contributed by atoms with E-state index in [1.54, 1.807) is 0 Å². The van der Waals surface area contributed by atoms with Crippen molar-refractivity contribution in [2.24, 2.45) is 0 Å². The standard InChI is InChI=1S/C11H8N2O/c1-7-12-6-9-8-4-2-3-5-10(8)14-11(9)13-7/h2-6H,1H3. The van der Waals surface area contributed by atoms with Crippen molar-refractivity contribution in [1.82, 2.24) is 9.97 Å². The smallest absolute Gasteiger partial charge is 0.230 e. The lowest BCUT2D eigenvalue weighted by Crippen LogP contribution is -1.83. The monoisotopic (exact) mass is 184 g/mol. The van der Waals surface area contributed by atoms with E-state index in [2.05, 4.69) is 9.97 Å². The predicted molar refractivity (Wildman–Crippen MR) is 54.0 cm³/mol. The van der Waals surface area contributed by atoms with Crippen LogP contribution in [0.3, 0.4) is 0 Å². The average molecular weight is 184 g/mol. The minimum absolute atomic E-state index is 0.665. The number of rotatable bonds is 0. The molecule has 1 aromatic carbocycles. The zero-order valence-electron chi connectivity index (χ0n) is 7.69. The summed E-state index contributed by atoms with van der Waals surface area (Å²) in [7, 11) is 0. The van der Waals surface area contributed by atoms with E-state index in [1.165, 1.54) is 0 Å². The fourth-order valence-corrected chi connectivity index (χ4v) is 1.59. The third kappa shape index (κ3) is 0.923. The number of fused-ring (bicyclic) bond motifs is 3. The van der Waals surface area contributed by atoms with Crippen LogP contribution in [0.15, 0.2) is 34.9 Å². The maximum absolute atomic E-state index is 5.58. The van der Waals surface area contributed by atoms with Crippen LogP contribution in [0.25, 0.3) is 22.1 Å². The van der Waals surface area contributed by atoms with Crippen molar-refractivity contribution in [1.29, 1.82) is 0 Å². The lowest BCUT2D eigenvalue weighted by molar-refractivity contribution is 0.650. The molecule has 0 fully saturated rings. The van der Waals surface area contributed by atoms with Crippen LogP contribution in [0.1, 0.15) is 5.82 Å². The molecule has 0 aliphatic heterocycles. The van der Waals surface area contributed by atoms with Crippen molar-refractivity contribution < 1.29 is 4.42 Å². The second kappa shape index (κ2) is 2.54. The molecule has 0 bridgehead atoms. The van der Waals surface area contributed by atoms with Gasteiger partial charge in [-0.05, 0) is 13.0 Å². The highest BCUT2D eigenvalue weighted by molar-refractivity contribution is 6.02. The molecule has 0 radical (unpaired) electrons. The quantitative estimate of drug-likeness (QED) is 0.539. The van der Waals surface area contributed by atoms with Crippen LogP contribution in [0.4, 0.5) is 0 Å². The Hall–Kier alpha value is -1.90. The molecule has 0 saturated heterocycles. The van der Waals surface area contributed by atoms with E-state index in [0.29, 0.717) is 5.71 Å². The van der Waals surface area contributed by atoms with Crippen LogP contribution < -0.4 is 0 Å². The molecule has 3 rings (SSSR count). The summed E-state index contributed by atoms with van der Waals surface area (Å²) in [6.45, 7) is 1.85. The molecule has 14 heavy (non-hydrogen) atoms. The van der Waals surface area contributed by atoms with Crippen LogP contribution in [0, 0.1) is 6.92 Å². The number of aromatic nitrogens is 2. The summed E-state index contributed by atoms with van der Waals surface area (Å²) in [5.74, 6) is 0.733. The van der Waals surface area contributed by atoms with Gasteiger partial charge < -0.3 is 4.42 Å². The minimum atomic E-state index is 0.665. The van der Waals surface area contributed by atoms with Crippen LogP contribution in [0.2, 0.25) is 0 Å². The fourth-order valence-electron chi connectivity index (χ4n) is 1.59. The highest BCUT2D eigenvalue weighted by Crippen LogP contribution is 2.25. The first-order chi connectivity index (χ1) is 6.84. The lowest BCUT2D eigenvalue weighted by atomic mass is 10.2. The molecule has 0 spiro atoms. The lowest BCUT2D eigenvalue weighted by Gasteiger charge is -1.88. The Kier molecular flexibility index (Phi) is 1.36. The van der Waals surface area contributed by atoms with Gasteiger partial charge in [0.2, 0.25) is 5.71 Å². The molecule has 0 aliphatic rings. The van der Waals surface area contributed by atoms with Crippen molar-refractivity contribution in [3.05, 3.63) is 36.3 Å². The van der Waals surface area contributed by atoms with Crippen molar-refractivity contribution in [3.63, 3.8) is 0 Å². The van der Waals surface area contributed by atoms with Crippen LogP contribution in [-0.4, -0.2) is 9.97 Å². The van der Waals surface area contributed by atoms with Gasteiger partial charge in [-0.25, -0.2) is 4.98 Å². The molecule has 3 heteroatoms. The van der Waals surface area contributed by atoms with Gasteiger partial charge in [-0.1, -0.05) is 18.2 Å². The Labute approximate surface area is 80.4 Å². The van der Waals surface area contributed by atoms with E-state index in [4.69, 9.17) is 4.42 Å². The zero-order chi connectivity index (χ0) is 9.54. The summed E-state index contributed by atoms with van der Waals surface area (Å²) in [5.41, 5.74) is 1.53. The van der Waals surface area contributed by atoms with Crippen molar-refractivity contribution in [2.75, 3.05) is 0 Å². The van der Waals surface area contributed by atoms with E-state index in [1.807, 2.05) is 37.4 Å². The highest BCUT2D eigenvalue weighted by atomic mass is 16.3. The van der Waals surface area contributed by atoms with E-state index >= 15 is 0 Å². The molecule has 68 valence electrons. The van der Waals surface area contributed by atoms with Gasteiger partial charge in [0.15, 0.2) is 0 Å². The normalized spacial score (nSPS) is 11.2. The van der Waals surface area contributed by atoms with Crippen molar-refractivity contribution in [3.8, 4) is 0 Å². The Morgan fingerprint density at radius 2 is 2.00 bits per heavy atom. The molecule has 3 aromatic rings. The Bertz CT molecular complexity index is 613. The van der Waals surface area contributed by atoms with Gasteiger partial charge in [0.05, 0.1) is 5.39 Å². The Morgan fingerprint density at radius 1 is 1.14 bits per heavy atom. The third-order valence-corrected chi connectivity index (χ3v) is 2.26. The SMILES string of the molecule is Cc1ncc2c(n1)oc1ccccc12. The first-order valence-electron chi connectivity index (χ1n) is 4.45. The maximum atomic E-state index is 5.58. The second-order valence-electron chi connectivity index (χ2n) is 3.23. The van der Waals surface area contributed by atoms with Gasteiger partial charge in [0, 0.05) is 11.6 Å². The highest BCUT2D eigenvalue weighted by Gasteiger charge is 2.06. The molecule has 0 unspecified atom stereocenters. The van der Waals surface area contributed by atoms with Gasteiger partial charge >= 0.3 is 0 Å². The molecule has 0 aliphatic carbocycles. The second-order valence-corrected chi connectivity index (χ2v) is 3.23. The summed E-state index contributed by atoms with van der Waals surface area (Å²) in [4.78, 5) is 8.39. The molecular formula is C11H8N2O. The maximum Gasteiger partial charge on any atom is 0.230 e. The number of benzene rings is 1. The number of furan rings is 1. The van der Waals surface area contributed by atoms with Crippen LogP contribution in [-0.2, 0) is 0 Å². The molecule has 0 saturated carbocycles. The van der Waals surface area contributed by atoms with E-state index < -0.39 is 0 Å². The minimum Gasteiger partial charge on any atom is -0.438 e. The van der Waals surface area contributed by atoms with E-state index in [9.17, 15) is 0 Å². The average Bonchev–Trinajstić information content (AvgIpc) is 2.54. The number of hydrogen-bond acceptors (Lipinski definition) is 3. The fraction of sp³-hybridized carbons (Fsp3) is 0.0909. The Balaban J connectivity index is 2.57. The summed E-state index contributed by atoms with van der Waals surface area (Å²) in [6, 6.07) is 7.88. The van der Waals surface area contributed by atoms with Crippen molar-refractivity contribution >= 4 is 22.1 Å². The number of para-hydroxylation sites is 1. The topological polar surface area (TPSA) is 38.9 Å². The first-order valence-corrected chi connectivity index (χ1v) is 4.45. The summed E-state index contributed by atoms with van der Waals surface area (Å²) >= 11 is 0. The van der Waals surface area contributed by atoms with E-state index in [0.717, 1.165) is 22.2 Å². The summed E-state index contributed by atoms with van der Waals surface area (Å²) in [5, 5.41) is 2.05. The zero-order valence-corrected chi connectivity index (χ0v) is 7.69. The number of aryl methyl sites for hydroxylation is 1. The largest absolute Gasteiger partial charge is 0.438 e. The number of hydrogen-bond donors (Lipinski definition) is 0. The molecule has 0 atom stereocenters. The van der Waals surface area contributed by atoms with Crippen LogP contribution in [0.5, 0.6) is 0 Å². The molecule has 2 aromatic heterocycles. The van der Waals surface area contributed by atoms with Gasteiger partial charge in [-0.3, -0.25) is 0 Å². The van der Waals surface area contributed by atoms with E-state index in [-0.39, 0.29) is 0 Å². The molecular weight excluding hydrogens is 176 g/mol. The van der Waals surface area contributed by atoms with Gasteiger partial charge in [-0.2, -0.15) is 4.98 Å². The molecule has 2 heterocycles. The van der Waals surface area contributed by atoms with Crippen molar-refractivity contribution in [2.45, 2.75) is 6.92 Å². The number of nitrogens with zero attached hydrogens (tertiary/aromatic N) is 2. The molecule has 0 amide bonds. The third-order valence-electron chi connectivity index (χ3n) is 2.26. The Morgan fingerprint density at radius 3 is 2.93 bits per heavy atom. The van der Waals surface area contributed by atoms with Gasteiger partial charge in [0.25, 0.3) is 0 Å². The van der Waals surface area contributed by atoms with Gasteiger partial charge in [0.1, 0.15) is 11.4 Å². The van der Waals surface area contributed by atoms with Crippen LogP contribution >= 0.6 is 0 Å². The molecule has 0 N–H and O–H groups in total. The molecule has 3 nitrogen and oxygen atoms in total. The first kappa shape index (κ1) is 7.50. The van der Waals surface area contributed by atoms with Gasteiger partial charge in [-0.15, -0.1) is 0 Å².